The number of rotatable bonds is 12. The van der Waals surface area contributed by atoms with Crippen molar-refractivity contribution < 1.29 is 19.4 Å². The summed E-state index contributed by atoms with van der Waals surface area (Å²) in [6, 6.07) is 0. The Bertz CT molecular complexity index is 678. The minimum Gasteiger partial charge on any atom is -0.409 e. The lowest BCUT2D eigenvalue weighted by molar-refractivity contribution is -0.174. The van der Waals surface area contributed by atoms with Crippen molar-refractivity contribution >= 4 is 8.32 Å². The lowest BCUT2D eigenvalue weighted by Crippen LogP contribution is -2.58. The topological polar surface area (TPSA) is 58.9 Å². The van der Waals surface area contributed by atoms with Crippen LogP contribution in [-0.4, -0.2) is 48.5 Å². The molecule has 0 radical (unpaired) electrons. The number of ether oxygens (including phenoxy) is 1. The SMILES string of the molecule is C=CC[C@H](C)[C@H](O)[C@@H](O[Si](C)(C)C(C)(C)C)[C@H](O)[C@]1(C)CC[C@H](C(C)(C)/C=C/[C@@H](C)C=C)O1. The zero-order chi connectivity index (χ0) is 25.8. The first-order valence-corrected chi connectivity index (χ1v) is 15.5. The van der Waals surface area contributed by atoms with Gasteiger partial charge < -0.3 is 19.4 Å². The summed E-state index contributed by atoms with van der Waals surface area (Å²) in [6.45, 7) is 28.9. The highest BCUT2D eigenvalue weighted by Crippen LogP contribution is 2.45. The van der Waals surface area contributed by atoms with E-state index in [1.54, 1.807) is 0 Å². The monoisotopic (exact) mass is 480 g/mol. The van der Waals surface area contributed by atoms with E-state index < -0.39 is 32.2 Å². The predicted octanol–water partition coefficient (Wildman–Crippen LogP) is 6.65. The Labute approximate surface area is 205 Å². The Morgan fingerprint density at radius 2 is 1.73 bits per heavy atom. The van der Waals surface area contributed by atoms with Crippen LogP contribution in [0.1, 0.15) is 74.7 Å². The first-order valence-electron chi connectivity index (χ1n) is 12.6. The molecule has 1 aliphatic rings. The molecule has 2 N–H and O–H groups in total. The number of allylic oxidation sites excluding steroid dienone is 3. The van der Waals surface area contributed by atoms with Gasteiger partial charge in [0.05, 0.1) is 23.9 Å². The minimum absolute atomic E-state index is 0.0262. The summed E-state index contributed by atoms with van der Waals surface area (Å²) in [4.78, 5) is 0. The van der Waals surface area contributed by atoms with Crippen LogP contribution in [0.3, 0.4) is 0 Å². The molecule has 0 aromatic rings. The van der Waals surface area contributed by atoms with Gasteiger partial charge in [-0.15, -0.1) is 13.2 Å². The largest absolute Gasteiger partial charge is 0.409 e. The smallest absolute Gasteiger partial charge is 0.192 e. The maximum absolute atomic E-state index is 11.7. The summed E-state index contributed by atoms with van der Waals surface area (Å²) in [5.41, 5.74) is -0.971. The minimum atomic E-state index is -2.25. The molecule has 33 heavy (non-hydrogen) atoms. The molecule has 1 aliphatic heterocycles. The lowest BCUT2D eigenvalue weighted by Gasteiger charge is -2.46. The Morgan fingerprint density at radius 3 is 2.21 bits per heavy atom. The summed E-state index contributed by atoms with van der Waals surface area (Å²) >= 11 is 0. The van der Waals surface area contributed by atoms with Gasteiger partial charge in [0.25, 0.3) is 0 Å². The molecule has 0 bridgehead atoms. The van der Waals surface area contributed by atoms with Crippen LogP contribution >= 0.6 is 0 Å². The van der Waals surface area contributed by atoms with Gasteiger partial charge >= 0.3 is 0 Å². The van der Waals surface area contributed by atoms with Crippen LogP contribution in [0.25, 0.3) is 0 Å². The third-order valence-electron chi connectivity index (χ3n) is 7.98. The van der Waals surface area contributed by atoms with Crippen LogP contribution in [0.4, 0.5) is 0 Å². The molecular formula is C28H52O4Si. The first-order chi connectivity index (χ1) is 14.9. The van der Waals surface area contributed by atoms with E-state index in [0.29, 0.717) is 18.8 Å². The summed E-state index contributed by atoms with van der Waals surface area (Å²) in [6.07, 6.45) is 7.82. The molecule has 0 unspecified atom stereocenters. The van der Waals surface area contributed by atoms with Crippen molar-refractivity contribution in [2.45, 2.75) is 123 Å². The maximum Gasteiger partial charge on any atom is 0.192 e. The second kappa shape index (κ2) is 11.3. The standard InChI is InChI=1S/C28H52O4Si/c1-13-15-21(4)23(29)24(32-33(11,12)26(5,6)7)25(30)28(10)19-17-22(31-28)27(8,9)18-16-20(3)14-2/h13-14,16,18,20-25,29-30H,1-2,15,17,19H2,3-12H3/b18-16+/t20-,21-,22+,23-,24+,25-,28-/m0/s1. The highest BCUT2D eigenvalue weighted by Gasteiger charge is 2.52. The Balaban J connectivity index is 3.20. The van der Waals surface area contributed by atoms with Crippen LogP contribution in [0.2, 0.25) is 18.1 Å². The molecule has 1 heterocycles. The average molecular weight is 481 g/mol. The normalized spacial score (nSPS) is 27.2. The van der Waals surface area contributed by atoms with Crippen LogP contribution < -0.4 is 0 Å². The van der Waals surface area contributed by atoms with Gasteiger partial charge in [0.15, 0.2) is 8.32 Å². The molecule has 0 aromatic carbocycles. The van der Waals surface area contributed by atoms with E-state index in [1.165, 1.54) is 0 Å². The molecule has 0 amide bonds. The van der Waals surface area contributed by atoms with E-state index in [9.17, 15) is 10.2 Å². The molecule has 0 saturated carbocycles. The van der Waals surface area contributed by atoms with E-state index in [4.69, 9.17) is 9.16 Å². The molecule has 192 valence electrons. The van der Waals surface area contributed by atoms with Crippen molar-refractivity contribution in [1.82, 2.24) is 0 Å². The van der Waals surface area contributed by atoms with Gasteiger partial charge in [-0.05, 0) is 56.2 Å². The van der Waals surface area contributed by atoms with Crippen LogP contribution in [0.15, 0.2) is 37.5 Å². The number of aliphatic hydroxyl groups excluding tert-OH is 2. The van der Waals surface area contributed by atoms with Gasteiger partial charge in [-0.2, -0.15) is 0 Å². The predicted molar refractivity (Wildman–Crippen MR) is 143 cm³/mol. The third-order valence-corrected chi connectivity index (χ3v) is 12.5. The van der Waals surface area contributed by atoms with E-state index in [2.05, 4.69) is 79.9 Å². The van der Waals surface area contributed by atoms with Crippen molar-refractivity contribution in [2.24, 2.45) is 17.3 Å². The molecular weight excluding hydrogens is 428 g/mol. The number of aliphatic hydroxyl groups is 2. The molecule has 5 heteroatoms. The van der Waals surface area contributed by atoms with Crippen LogP contribution in [0, 0.1) is 17.3 Å². The Morgan fingerprint density at radius 1 is 1.15 bits per heavy atom. The Hall–Kier alpha value is -0.723. The fraction of sp³-hybridized carbons (Fsp3) is 0.786. The fourth-order valence-electron chi connectivity index (χ4n) is 4.10. The van der Waals surface area contributed by atoms with Crippen LogP contribution in [0.5, 0.6) is 0 Å². The van der Waals surface area contributed by atoms with Gasteiger partial charge in [0.2, 0.25) is 0 Å². The van der Waals surface area contributed by atoms with Crippen molar-refractivity contribution in [3.63, 3.8) is 0 Å². The first kappa shape index (κ1) is 30.3. The fourth-order valence-corrected chi connectivity index (χ4v) is 5.40. The summed E-state index contributed by atoms with van der Waals surface area (Å²) < 4.78 is 13.3. The van der Waals surface area contributed by atoms with Crippen molar-refractivity contribution in [1.29, 1.82) is 0 Å². The molecule has 1 saturated heterocycles. The quantitative estimate of drug-likeness (QED) is 0.242. The lowest BCUT2D eigenvalue weighted by atomic mass is 9.82. The summed E-state index contributed by atoms with van der Waals surface area (Å²) in [7, 11) is -2.25. The van der Waals surface area contributed by atoms with Crippen molar-refractivity contribution in [3.8, 4) is 0 Å². The van der Waals surface area contributed by atoms with Crippen molar-refractivity contribution in [2.75, 3.05) is 0 Å². The highest BCUT2D eigenvalue weighted by molar-refractivity contribution is 6.74. The average Bonchev–Trinajstić information content (AvgIpc) is 3.13. The molecule has 0 aliphatic carbocycles. The summed E-state index contributed by atoms with van der Waals surface area (Å²) in [5.74, 6) is 0.221. The summed E-state index contributed by atoms with van der Waals surface area (Å²) in [5, 5.41) is 22.9. The molecule has 4 nitrogen and oxygen atoms in total. The van der Waals surface area contributed by atoms with E-state index in [0.717, 1.165) is 6.42 Å². The van der Waals surface area contributed by atoms with E-state index >= 15 is 0 Å². The zero-order valence-corrected chi connectivity index (χ0v) is 24.0. The van der Waals surface area contributed by atoms with Crippen LogP contribution in [-0.2, 0) is 9.16 Å². The van der Waals surface area contributed by atoms with Gasteiger partial charge in [0, 0.05) is 5.41 Å². The van der Waals surface area contributed by atoms with Gasteiger partial charge in [-0.25, -0.2) is 0 Å². The molecule has 7 atom stereocenters. The second-order valence-corrected chi connectivity index (χ2v) is 17.3. The maximum atomic E-state index is 11.7. The number of hydrogen-bond acceptors (Lipinski definition) is 4. The van der Waals surface area contributed by atoms with E-state index in [1.807, 2.05) is 26.0 Å². The van der Waals surface area contributed by atoms with Gasteiger partial charge in [-0.1, -0.05) is 72.8 Å². The Kier molecular flexibility index (Phi) is 10.4. The second-order valence-electron chi connectivity index (χ2n) is 12.5. The molecule has 1 fully saturated rings. The van der Waals surface area contributed by atoms with Gasteiger partial charge in [-0.3, -0.25) is 0 Å². The third kappa shape index (κ3) is 7.63. The van der Waals surface area contributed by atoms with Crippen molar-refractivity contribution in [3.05, 3.63) is 37.5 Å². The number of hydrogen-bond donors (Lipinski definition) is 2. The zero-order valence-electron chi connectivity index (χ0n) is 23.0. The van der Waals surface area contributed by atoms with E-state index in [-0.39, 0.29) is 22.5 Å². The van der Waals surface area contributed by atoms with Gasteiger partial charge in [0.1, 0.15) is 6.10 Å². The highest BCUT2D eigenvalue weighted by atomic mass is 28.4. The molecule has 0 spiro atoms. The molecule has 0 aromatic heterocycles. The molecule has 1 rings (SSSR count).